The van der Waals surface area contributed by atoms with Crippen LogP contribution in [0.25, 0.3) is 0 Å². The van der Waals surface area contributed by atoms with E-state index in [0.29, 0.717) is 0 Å². The average Bonchev–Trinajstić information content (AvgIpc) is 2.85. The Morgan fingerprint density at radius 1 is 1.47 bits per heavy atom. The van der Waals surface area contributed by atoms with Gasteiger partial charge in [0.25, 0.3) is 0 Å². The maximum atomic E-state index is 6.25. The second-order valence-corrected chi connectivity index (χ2v) is 5.57. The molecule has 1 aliphatic heterocycles. The van der Waals surface area contributed by atoms with Gasteiger partial charge in [-0.3, -0.25) is 0 Å². The standard InChI is InChI=1S/C14H16N2O2S/c1-8-7-19-14(16-8)13-6-11(15)10-5-9(17-2)3-4-12(10)18-13/h3-5,7,11,13H,6,15H2,1-2H3/t11-,13?/m1/s1. The molecule has 4 nitrogen and oxygen atoms in total. The minimum atomic E-state index is -0.0481. The molecule has 2 N–H and O–H groups in total. The molecule has 1 unspecified atom stereocenters. The molecule has 0 fully saturated rings. The van der Waals surface area contributed by atoms with Crippen LogP contribution in [-0.4, -0.2) is 12.1 Å². The highest BCUT2D eigenvalue weighted by atomic mass is 32.1. The van der Waals surface area contributed by atoms with E-state index in [2.05, 4.69) is 4.98 Å². The van der Waals surface area contributed by atoms with E-state index in [1.807, 2.05) is 30.5 Å². The van der Waals surface area contributed by atoms with Crippen molar-refractivity contribution in [3.63, 3.8) is 0 Å². The second-order valence-electron chi connectivity index (χ2n) is 4.68. The highest BCUT2D eigenvalue weighted by Gasteiger charge is 2.29. The van der Waals surface area contributed by atoms with Gasteiger partial charge in [0.05, 0.1) is 7.11 Å². The van der Waals surface area contributed by atoms with Crippen LogP contribution in [0.1, 0.15) is 34.8 Å². The van der Waals surface area contributed by atoms with Crippen LogP contribution in [-0.2, 0) is 0 Å². The van der Waals surface area contributed by atoms with E-state index < -0.39 is 0 Å². The molecular weight excluding hydrogens is 260 g/mol. The predicted molar refractivity (Wildman–Crippen MR) is 74.8 cm³/mol. The van der Waals surface area contributed by atoms with Crippen LogP contribution in [0.15, 0.2) is 23.6 Å². The van der Waals surface area contributed by atoms with E-state index >= 15 is 0 Å². The van der Waals surface area contributed by atoms with Gasteiger partial charge in [-0.05, 0) is 25.1 Å². The number of hydrogen-bond donors (Lipinski definition) is 1. The molecule has 0 aliphatic carbocycles. The molecule has 0 saturated heterocycles. The Kier molecular flexibility index (Phi) is 3.16. The van der Waals surface area contributed by atoms with Crippen molar-refractivity contribution in [3.05, 3.63) is 39.8 Å². The number of fused-ring (bicyclic) bond motifs is 1. The Balaban J connectivity index is 1.92. The van der Waals surface area contributed by atoms with Gasteiger partial charge in [-0.25, -0.2) is 4.98 Å². The second kappa shape index (κ2) is 4.83. The number of methoxy groups -OCH3 is 1. The summed E-state index contributed by atoms with van der Waals surface area (Å²) in [5.74, 6) is 1.64. The molecule has 0 bridgehead atoms. The van der Waals surface area contributed by atoms with E-state index in [1.54, 1.807) is 18.4 Å². The van der Waals surface area contributed by atoms with Gasteiger partial charge in [0.15, 0.2) is 6.10 Å². The van der Waals surface area contributed by atoms with Crippen LogP contribution >= 0.6 is 11.3 Å². The zero-order valence-corrected chi connectivity index (χ0v) is 11.7. The third-order valence-corrected chi connectivity index (χ3v) is 4.32. The van der Waals surface area contributed by atoms with Gasteiger partial charge in [0, 0.05) is 29.1 Å². The lowest BCUT2D eigenvalue weighted by Gasteiger charge is -2.29. The molecule has 1 aliphatic rings. The monoisotopic (exact) mass is 276 g/mol. The molecule has 2 atom stereocenters. The molecule has 0 radical (unpaired) electrons. The van der Waals surface area contributed by atoms with Crippen molar-refractivity contribution in [2.45, 2.75) is 25.5 Å². The summed E-state index contributed by atoms with van der Waals surface area (Å²) in [4.78, 5) is 4.49. The molecule has 1 aromatic heterocycles. The molecule has 0 amide bonds. The first-order valence-corrected chi connectivity index (χ1v) is 7.07. The molecule has 0 saturated carbocycles. The van der Waals surface area contributed by atoms with Gasteiger partial charge in [-0.15, -0.1) is 11.3 Å². The van der Waals surface area contributed by atoms with Crippen LogP contribution in [0.4, 0.5) is 0 Å². The van der Waals surface area contributed by atoms with Crippen molar-refractivity contribution in [2.24, 2.45) is 5.73 Å². The maximum absolute atomic E-state index is 6.25. The number of aryl methyl sites for hydroxylation is 1. The van der Waals surface area contributed by atoms with Crippen molar-refractivity contribution >= 4 is 11.3 Å². The number of ether oxygens (including phenoxy) is 2. The van der Waals surface area contributed by atoms with Gasteiger partial charge >= 0.3 is 0 Å². The Morgan fingerprint density at radius 3 is 3.00 bits per heavy atom. The summed E-state index contributed by atoms with van der Waals surface area (Å²) in [6, 6.07) is 5.71. The SMILES string of the molecule is COc1ccc2c(c1)[C@H](N)CC(c1nc(C)cs1)O2. The van der Waals surface area contributed by atoms with Crippen LogP contribution in [0, 0.1) is 6.92 Å². The van der Waals surface area contributed by atoms with Crippen molar-refractivity contribution in [1.29, 1.82) is 0 Å². The topological polar surface area (TPSA) is 57.4 Å². The number of hydrogen-bond acceptors (Lipinski definition) is 5. The number of benzene rings is 1. The Hall–Kier alpha value is -1.59. The summed E-state index contributed by atoms with van der Waals surface area (Å²) in [6.07, 6.45) is 0.697. The Labute approximate surface area is 116 Å². The summed E-state index contributed by atoms with van der Waals surface area (Å²) in [5, 5.41) is 3.03. The minimum Gasteiger partial charge on any atom is -0.497 e. The lowest BCUT2D eigenvalue weighted by atomic mass is 9.97. The third-order valence-electron chi connectivity index (χ3n) is 3.27. The summed E-state index contributed by atoms with van der Waals surface area (Å²) in [5.41, 5.74) is 8.28. The van der Waals surface area contributed by atoms with Gasteiger partial charge in [-0.2, -0.15) is 0 Å². The molecular formula is C14H16N2O2S. The molecule has 3 rings (SSSR count). The van der Waals surface area contributed by atoms with Gasteiger partial charge < -0.3 is 15.2 Å². The lowest BCUT2D eigenvalue weighted by molar-refractivity contribution is 0.160. The van der Waals surface area contributed by atoms with Gasteiger partial charge in [0.1, 0.15) is 16.5 Å². The molecule has 0 spiro atoms. The van der Waals surface area contributed by atoms with E-state index in [1.165, 1.54) is 0 Å². The number of aromatic nitrogens is 1. The quantitative estimate of drug-likeness (QED) is 0.916. The number of nitrogens with two attached hydrogens (primary N) is 1. The first-order chi connectivity index (χ1) is 9.17. The number of thiazole rings is 1. The first kappa shape index (κ1) is 12.4. The van der Waals surface area contributed by atoms with Crippen LogP contribution in [0.3, 0.4) is 0 Å². The van der Waals surface area contributed by atoms with Crippen molar-refractivity contribution in [2.75, 3.05) is 7.11 Å². The third kappa shape index (κ3) is 2.31. The Morgan fingerprint density at radius 2 is 2.32 bits per heavy atom. The van der Waals surface area contributed by atoms with Crippen molar-refractivity contribution < 1.29 is 9.47 Å². The molecule has 1 aromatic carbocycles. The largest absolute Gasteiger partial charge is 0.497 e. The zero-order valence-electron chi connectivity index (χ0n) is 10.9. The van der Waals surface area contributed by atoms with E-state index in [0.717, 1.165) is 34.2 Å². The first-order valence-electron chi connectivity index (χ1n) is 6.19. The maximum Gasteiger partial charge on any atom is 0.152 e. The van der Waals surface area contributed by atoms with Crippen molar-refractivity contribution in [1.82, 2.24) is 4.98 Å². The zero-order chi connectivity index (χ0) is 13.4. The number of nitrogens with zero attached hydrogens (tertiary/aromatic N) is 1. The highest BCUT2D eigenvalue weighted by Crippen LogP contribution is 2.41. The normalized spacial score (nSPS) is 21.6. The fraction of sp³-hybridized carbons (Fsp3) is 0.357. The lowest BCUT2D eigenvalue weighted by Crippen LogP contribution is -2.24. The fourth-order valence-corrected chi connectivity index (χ4v) is 3.12. The van der Waals surface area contributed by atoms with Crippen molar-refractivity contribution in [3.8, 4) is 11.5 Å². The minimum absolute atomic E-state index is 0.0467. The molecule has 100 valence electrons. The smallest absolute Gasteiger partial charge is 0.152 e. The van der Waals surface area contributed by atoms with Crippen LogP contribution in [0.5, 0.6) is 11.5 Å². The molecule has 19 heavy (non-hydrogen) atoms. The summed E-state index contributed by atoms with van der Waals surface area (Å²) >= 11 is 1.62. The van der Waals surface area contributed by atoms with Gasteiger partial charge in [-0.1, -0.05) is 0 Å². The predicted octanol–water partition coefficient (Wildman–Crippen LogP) is 2.98. The molecule has 2 heterocycles. The number of rotatable bonds is 2. The average molecular weight is 276 g/mol. The summed E-state index contributed by atoms with van der Waals surface area (Å²) < 4.78 is 11.2. The molecule has 5 heteroatoms. The summed E-state index contributed by atoms with van der Waals surface area (Å²) in [6.45, 7) is 1.99. The van der Waals surface area contributed by atoms with E-state index in [-0.39, 0.29) is 12.1 Å². The van der Waals surface area contributed by atoms with E-state index in [4.69, 9.17) is 15.2 Å². The summed E-state index contributed by atoms with van der Waals surface area (Å²) in [7, 11) is 1.65. The van der Waals surface area contributed by atoms with Gasteiger partial charge in [0.2, 0.25) is 0 Å². The fourth-order valence-electron chi connectivity index (χ4n) is 2.28. The Bertz CT molecular complexity index is 597. The molecule has 2 aromatic rings. The van der Waals surface area contributed by atoms with E-state index in [9.17, 15) is 0 Å². The van der Waals surface area contributed by atoms with Crippen LogP contribution < -0.4 is 15.2 Å². The van der Waals surface area contributed by atoms with Crippen LogP contribution in [0.2, 0.25) is 0 Å². The highest BCUT2D eigenvalue weighted by molar-refractivity contribution is 7.09.